The summed E-state index contributed by atoms with van der Waals surface area (Å²) in [6.07, 6.45) is 0. The fourth-order valence-corrected chi connectivity index (χ4v) is 2.78. The Hall–Kier alpha value is -0.650. The summed E-state index contributed by atoms with van der Waals surface area (Å²) in [5.41, 5.74) is 4.76. The van der Waals surface area contributed by atoms with E-state index in [2.05, 4.69) is 21.4 Å². The van der Waals surface area contributed by atoms with Crippen LogP contribution in [0, 0.1) is 12.7 Å². The first kappa shape index (κ1) is 15.7. The Kier molecular flexibility index (Phi) is 5.04. The molecule has 2 aromatic carbocycles. The highest BCUT2D eigenvalue weighted by molar-refractivity contribution is 9.10. The van der Waals surface area contributed by atoms with Crippen LogP contribution in [-0.4, -0.2) is 0 Å². The van der Waals surface area contributed by atoms with Crippen LogP contribution in [0.3, 0.4) is 0 Å². The number of rotatable bonds is 3. The summed E-state index contributed by atoms with van der Waals surface area (Å²) in [7, 11) is 0. The number of aryl methyl sites for hydroxylation is 1. The summed E-state index contributed by atoms with van der Waals surface area (Å²) in [5, 5.41) is 0.658. The normalized spacial score (nSPS) is 12.5. The maximum Gasteiger partial charge on any atom is 0.148 e. The van der Waals surface area contributed by atoms with Crippen molar-refractivity contribution in [3.8, 4) is 0 Å². The van der Waals surface area contributed by atoms with Crippen molar-refractivity contribution in [3.63, 3.8) is 0 Å². The quantitative estimate of drug-likeness (QED) is 0.460. The maximum absolute atomic E-state index is 14.3. The zero-order valence-corrected chi connectivity index (χ0v) is 13.7. The molecule has 0 aromatic heterocycles. The minimum absolute atomic E-state index is 0.0365. The number of nitrogens with two attached hydrogens (primary N) is 1. The summed E-state index contributed by atoms with van der Waals surface area (Å²) >= 11 is 15.1. The molecule has 1 unspecified atom stereocenters. The molecule has 0 aliphatic heterocycles. The van der Waals surface area contributed by atoms with Crippen LogP contribution in [-0.2, 0) is 0 Å². The second kappa shape index (κ2) is 6.41. The summed E-state index contributed by atoms with van der Waals surface area (Å²) < 4.78 is 14.8. The van der Waals surface area contributed by atoms with Crippen molar-refractivity contribution in [2.75, 3.05) is 0 Å². The standard InChI is InChI=1S/C14H12BrCl2FN2/c1-7-6-8(16)2-3-9(7)14(20-19)10-4-5-11(15)12(17)13(10)18/h2-6,14,20H,19H2,1H3. The lowest BCUT2D eigenvalue weighted by Gasteiger charge is -2.20. The maximum atomic E-state index is 14.3. The topological polar surface area (TPSA) is 38.0 Å². The molecule has 3 N–H and O–H groups in total. The summed E-state index contributed by atoms with van der Waals surface area (Å²) in [6, 6.07) is 8.20. The van der Waals surface area contributed by atoms with Crippen LogP contribution in [0.4, 0.5) is 4.39 Å². The number of hydrazine groups is 1. The molecule has 106 valence electrons. The van der Waals surface area contributed by atoms with Crippen LogP contribution >= 0.6 is 39.1 Å². The predicted octanol–water partition coefficient (Wildman–Crippen LogP) is 4.76. The molecular weight excluding hydrogens is 366 g/mol. The lowest BCUT2D eigenvalue weighted by atomic mass is 9.95. The van der Waals surface area contributed by atoms with Crippen LogP contribution in [0.15, 0.2) is 34.8 Å². The second-order valence-electron chi connectivity index (χ2n) is 4.37. The Morgan fingerprint density at radius 3 is 2.45 bits per heavy atom. The van der Waals surface area contributed by atoms with E-state index >= 15 is 0 Å². The number of halogens is 4. The van der Waals surface area contributed by atoms with E-state index in [0.29, 0.717) is 15.1 Å². The van der Waals surface area contributed by atoms with Gasteiger partial charge in [0.05, 0.1) is 11.1 Å². The van der Waals surface area contributed by atoms with Crippen LogP contribution in [0.2, 0.25) is 10.0 Å². The minimum Gasteiger partial charge on any atom is -0.271 e. The van der Waals surface area contributed by atoms with E-state index in [1.165, 1.54) is 0 Å². The van der Waals surface area contributed by atoms with E-state index in [1.807, 2.05) is 13.0 Å². The van der Waals surface area contributed by atoms with Gasteiger partial charge in [-0.1, -0.05) is 35.3 Å². The molecule has 0 aliphatic carbocycles. The first-order chi connectivity index (χ1) is 9.45. The summed E-state index contributed by atoms with van der Waals surface area (Å²) in [4.78, 5) is 0. The van der Waals surface area contributed by atoms with Crippen molar-refractivity contribution in [1.29, 1.82) is 0 Å². The number of benzene rings is 2. The molecular formula is C14H12BrCl2FN2. The second-order valence-corrected chi connectivity index (χ2v) is 6.03. The molecule has 0 spiro atoms. The molecule has 0 saturated heterocycles. The molecule has 6 heteroatoms. The number of nitrogens with one attached hydrogen (secondary N) is 1. The van der Waals surface area contributed by atoms with Gasteiger partial charge in [-0.05, 0) is 52.2 Å². The van der Waals surface area contributed by atoms with E-state index in [1.54, 1.807) is 24.3 Å². The molecule has 2 aromatic rings. The lowest BCUT2D eigenvalue weighted by molar-refractivity contribution is 0.558. The molecule has 0 radical (unpaired) electrons. The Morgan fingerprint density at radius 1 is 1.20 bits per heavy atom. The Morgan fingerprint density at radius 2 is 1.85 bits per heavy atom. The van der Waals surface area contributed by atoms with Gasteiger partial charge in [0.25, 0.3) is 0 Å². The van der Waals surface area contributed by atoms with E-state index in [0.717, 1.165) is 11.1 Å². The monoisotopic (exact) mass is 376 g/mol. The fourth-order valence-electron chi connectivity index (χ4n) is 2.07. The van der Waals surface area contributed by atoms with Gasteiger partial charge < -0.3 is 0 Å². The highest BCUT2D eigenvalue weighted by Gasteiger charge is 2.21. The van der Waals surface area contributed by atoms with Gasteiger partial charge in [0, 0.05) is 15.1 Å². The first-order valence-corrected chi connectivity index (χ1v) is 7.36. The van der Waals surface area contributed by atoms with Gasteiger partial charge in [-0.3, -0.25) is 5.84 Å². The third kappa shape index (κ3) is 3.00. The predicted molar refractivity (Wildman–Crippen MR) is 84.5 cm³/mol. The zero-order valence-electron chi connectivity index (χ0n) is 10.6. The van der Waals surface area contributed by atoms with Crippen LogP contribution in [0.1, 0.15) is 22.7 Å². The lowest BCUT2D eigenvalue weighted by Crippen LogP contribution is -2.30. The van der Waals surface area contributed by atoms with E-state index in [4.69, 9.17) is 29.0 Å². The Labute approximate surface area is 135 Å². The number of hydrogen-bond donors (Lipinski definition) is 2. The molecule has 0 heterocycles. The molecule has 0 fully saturated rings. The third-order valence-corrected chi connectivity index (χ3v) is 4.58. The van der Waals surface area contributed by atoms with Crippen molar-refractivity contribution < 1.29 is 4.39 Å². The van der Waals surface area contributed by atoms with Gasteiger partial charge in [-0.25, -0.2) is 9.82 Å². The molecule has 1 atom stereocenters. The molecule has 2 nitrogen and oxygen atoms in total. The summed E-state index contributed by atoms with van der Waals surface area (Å²) in [5.74, 6) is 5.09. The van der Waals surface area contributed by atoms with Crippen LogP contribution in [0.5, 0.6) is 0 Å². The molecule has 0 aliphatic rings. The van der Waals surface area contributed by atoms with Crippen molar-refractivity contribution >= 4 is 39.1 Å². The van der Waals surface area contributed by atoms with Crippen LogP contribution < -0.4 is 11.3 Å². The largest absolute Gasteiger partial charge is 0.271 e. The minimum atomic E-state index is -0.502. The molecule has 0 bridgehead atoms. The van der Waals surface area contributed by atoms with E-state index < -0.39 is 11.9 Å². The third-order valence-electron chi connectivity index (χ3n) is 3.09. The highest BCUT2D eigenvalue weighted by Crippen LogP contribution is 2.34. The average Bonchev–Trinajstić information content (AvgIpc) is 2.41. The van der Waals surface area contributed by atoms with Crippen molar-refractivity contribution in [2.24, 2.45) is 5.84 Å². The smallest absolute Gasteiger partial charge is 0.148 e. The molecule has 20 heavy (non-hydrogen) atoms. The highest BCUT2D eigenvalue weighted by atomic mass is 79.9. The van der Waals surface area contributed by atoms with E-state index in [9.17, 15) is 4.39 Å². The zero-order chi connectivity index (χ0) is 14.9. The van der Waals surface area contributed by atoms with Crippen molar-refractivity contribution in [3.05, 3.63) is 67.4 Å². The molecule has 0 amide bonds. The van der Waals surface area contributed by atoms with Crippen molar-refractivity contribution in [1.82, 2.24) is 5.43 Å². The summed E-state index contributed by atoms with van der Waals surface area (Å²) in [6.45, 7) is 1.89. The SMILES string of the molecule is Cc1cc(Cl)ccc1C(NN)c1ccc(Br)c(Cl)c1F. The average molecular weight is 378 g/mol. The van der Waals surface area contributed by atoms with Gasteiger partial charge in [0.1, 0.15) is 5.82 Å². The fraction of sp³-hybridized carbons (Fsp3) is 0.143. The number of hydrogen-bond acceptors (Lipinski definition) is 2. The van der Waals surface area contributed by atoms with Gasteiger partial charge in [-0.15, -0.1) is 0 Å². The Balaban J connectivity index is 2.55. The van der Waals surface area contributed by atoms with E-state index in [-0.39, 0.29) is 5.02 Å². The van der Waals surface area contributed by atoms with Crippen molar-refractivity contribution in [2.45, 2.75) is 13.0 Å². The van der Waals surface area contributed by atoms with Gasteiger partial charge in [0.2, 0.25) is 0 Å². The van der Waals surface area contributed by atoms with Gasteiger partial charge in [-0.2, -0.15) is 0 Å². The van der Waals surface area contributed by atoms with Gasteiger partial charge in [0.15, 0.2) is 0 Å². The first-order valence-electron chi connectivity index (χ1n) is 5.81. The van der Waals surface area contributed by atoms with Crippen LogP contribution in [0.25, 0.3) is 0 Å². The molecule has 2 rings (SSSR count). The molecule has 0 saturated carbocycles. The van der Waals surface area contributed by atoms with Gasteiger partial charge >= 0.3 is 0 Å². The Bertz CT molecular complexity index is 649.